The highest BCUT2D eigenvalue weighted by Crippen LogP contribution is 2.10. The summed E-state index contributed by atoms with van der Waals surface area (Å²) in [5, 5.41) is 2.54. The van der Waals surface area contributed by atoms with Crippen molar-refractivity contribution in [3.63, 3.8) is 0 Å². The monoisotopic (exact) mass is 379 g/mol. The summed E-state index contributed by atoms with van der Waals surface area (Å²) in [7, 11) is -3.77. The Kier molecular flexibility index (Phi) is 8.07. The van der Waals surface area contributed by atoms with Crippen LogP contribution in [-0.4, -0.2) is 40.9 Å². The Morgan fingerprint density at radius 1 is 0.885 bits per heavy atom. The van der Waals surface area contributed by atoms with Crippen molar-refractivity contribution in [1.82, 2.24) is 5.32 Å². The van der Waals surface area contributed by atoms with E-state index >= 15 is 0 Å². The van der Waals surface area contributed by atoms with Crippen LogP contribution in [0.5, 0.6) is 0 Å². The summed E-state index contributed by atoms with van der Waals surface area (Å²) in [4.78, 5) is 11.6. The lowest BCUT2D eigenvalue weighted by Crippen LogP contribution is -2.28. The first-order valence-electron chi connectivity index (χ1n) is 8.05. The molecule has 0 aliphatic rings. The van der Waals surface area contributed by atoms with Crippen LogP contribution in [0.1, 0.15) is 5.56 Å². The Labute approximate surface area is 153 Å². The van der Waals surface area contributed by atoms with Crippen LogP contribution < -0.4 is 5.32 Å². The van der Waals surface area contributed by atoms with Crippen molar-refractivity contribution in [2.75, 3.05) is 26.4 Å². The number of ether oxygens (including phenoxy) is 2. The Morgan fingerprint density at radius 3 is 2.23 bits per heavy atom. The largest absolute Gasteiger partial charge is 0.445 e. The summed E-state index contributed by atoms with van der Waals surface area (Å²) in [6.45, 7) is 0.648. The van der Waals surface area contributed by atoms with Crippen molar-refractivity contribution in [1.29, 1.82) is 0 Å². The molecule has 1 N–H and O–H groups in total. The van der Waals surface area contributed by atoms with Crippen LogP contribution in [0.3, 0.4) is 0 Å². The molecule has 140 valence electrons. The summed E-state index contributed by atoms with van der Waals surface area (Å²) in [5.74, 6) is 0. The van der Waals surface area contributed by atoms with E-state index in [-0.39, 0.29) is 37.9 Å². The van der Waals surface area contributed by atoms with Gasteiger partial charge in [0.15, 0.2) is 0 Å². The van der Waals surface area contributed by atoms with Gasteiger partial charge in [-0.3, -0.25) is 4.18 Å². The molecule has 2 aromatic carbocycles. The maximum Gasteiger partial charge on any atom is 0.407 e. The lowest BCUT2D eigenvalue weighted by Gasteiger charge is -2.08. The topological polar surface area (TPSA) is 90.9 Å². The van der Waals surface area contributed by atoms with Gasteiger partial charge in [0.1, 0.15) is 6.61 Å². The second-order valence-electron chi connectivity index (χ2n) is 5.19. The molecule has 0 fully saturated rings. The minimum atomic E-state index is -3.77. The molecule has 2 rings (SSSR count). The van der Waals surface area contributed by atoms with Gasteiger partial charge in [-0.05, 0) is 17.7 Å². The maximum absolute atomic E-state index is 11.8. The average molecular weight is 379 g/mol. The van der Waals surface area contributed by atoms with Gasteiger partial charge in [0.2, 0.25) is 0 Å². The molecule has 0 saturated heterocycles. The molecule has 0 aliphatic carbocycles. The number of amides is 1. The molecule has 0 unspecified atom stereocenters. The van der Waals surface area contributed by atoms with E-state index in [1.165, 1.54) is 12.1 Å². The van der Waals surface area contributed by atoms with Gasteiger partial charge in [0.25, 0.3) is 10.1 Å². The minimum Gasteiger partial charge on any atom is -0.445 e. The SMILES string of the molecule is O=C(NCCOCCOS(=O)(=O)c1ccccc1)OCc1ccccc1. The predicted octanol–water partition coefficient (Wildman–Crippen LogP) is 2.33. The van der Waals surface area contributed by atoms with E-state index in [0.717, 1.165) is 5.56 Å². The van der Waals surface area contributed by atoms with E-state index in [1.54, 1.807) is 18.2 Å². The first-order chi connectivity index (χ1) is 12.6. The molecule has 0 radical (unpaired) electrons. The number of hydrogen-bond donors (Lipinski definition) is 1. The van der Waals surface area contributed by atoms with Crippen LogP contribution in [-0.2, 0) is 30.4 Å². The third-order valence-electron chi connectivity index (χ3n) is 3.23. The fourth-order valence-electron chi connectivity index (χ4n) is 1.96. The normalized spacial score (nSPS) is 11.1. The fourth-order valence-corrected chi connectivity index (χ4v) is 2.87. The fraction of sp³-hybridized carbons (Fsp3) is 0.278. The second-order valence-corrected chi connectivity index (χ2v) is 6.81. The van der Waals surface area contributed by atoms with Gasteiger partial charge in [-0.25, -0.2) is 4.79 Å². The van der Waals surface area contributed by atoms with E-state index in [0.29, 0.717) is 0 Å². The van der Waals surface area contributed by atoms with E-state index in [2.05, 4.69) is 5.32 Å². The number of alkyl carbamates (subject to hydrolysis) is 1. The molecule has 7 nitrogen and oxygen atoms in total. The lowest BCUT2D eigenvalue weighted by atomic mass is 10.2. The van der Waals surface area contributed by atoms with Crippen molar-refractivity contribution in [2.24, 2.45) is 0 Å². The number of nitrogens with one attached hydrogen (secondary N) is 1. The first-order valence-corrected chi connectivity index (χ1v) is 9.45. The molecule has 0 aromatic heterocycles. The Bertz CT molecular complexity index is 765. The minimum absolute atomic E-state index is 0.0901. The van der Waals surface area contributed by atoms with Crippen molar-refractivity contribution < 1.29 is 26.9 Å². The van der Waals surface area contributed by atoms with Crippen molar-refractivity contribution in [2.45, 2.75) is 11.5 Å². The third-order valence-corrected chi connectivity index (χ3v) is 4.55. The summed E-state index contributed by atoms with van der Waals surface area (Å²) in [6.07, 6.45) is -0.541. The van der Waals surface area contributed by atoms with Crippen molar-refractivity contribution in [3.05, 3.63) is 66.2 Å². The van der Waals surface area contributed by atoms with Crippen LogP contribution in [0.4, 0.5) is 4.79 Å². The number of rotatable bonds is 10. The summed E-state index contributed by atoms with van der Waals surface area (Å²) in [6, 6.07) is 17.2. The zero-order chi connectivity index (χ0) is 18.7. The van der Waals surface area contributed by atoms with Crippen molar-refractivity contribution >= 4 is 16.2 Å². The standard InChI is InChI=1S/C18H21NO6S/c20-18(24-15-16-7-3-1-4-8-16)19-11-12-23-13-14-25-26(21,22)17-9-5-2-6-10-17/h1-10H,11-15H2,(H,19,20). The van der Waals surface area contributed by atoms with Crippen LogP contribution in [0.15, 0.2) is 65.6 Å². The van der Waals surface area contributed by atoms with Gasteiger partial charge in [0.05, 0.1) is 24.7 Å². The van der Waals surface area contributed by atoms with Gasteiger partial charge in [0, 0.05) is 6.54 Å². The highest BCUT2D eigenvalue weighted by atomic mass is 32.2. The summed E-state index contributed by atoms with van der Waals surface area (Å²) >= 11 is 0. The van der Waals surface area contributed by atoms with E-state index in [9.17, 15) is 13.2 Å². The summed E-state index contributed by atoms with van der Waals surface area (Å²) < 4.78 is 38.8. The van der Waals surface area contributed by atoms with E-state index in [4.69, 9.17) is 13.7 Å². The Hall–Kier alpha value is -2.42. The Balaban J connectivity index is 1.52. The quantitative estimate of drug-likeness (QED) is 0.503. The molecule has 0 spiro atoms. The second kappa shape index (κ2) is 10.5. The molecule has 0 aliphatic heterocycles. The smallest absolute Gasteiger partial charge is 0.407 e. The van der Waals surface area contributed by atoms with Gasteiger partial charge in [-0.1, -0.05) is 48.5 Å². The molecule has 0 heterocycles. The first kappa shape index (κ1) is 19.9. The molecule has 1 amide bonds. The maximum atomic E-state index is 11.8. The number of carbonyl (C=O) groups excluding carboxylic acids is 1. The number of carbonyl (C=O) groups is 1. The van der Waals surface area contributed by atoms with Gasteiger partial charge in [-0.2, -0.15) is 8.42 Å². The molecule has 0 atom stereocenters. The molecule has 0 saturated carbocycles. The summed E-state index contributed by atoms with van der Waals surface area (Å²) in [5.41, 5.74) is 0.899. The van der Waals surface area contributed by atoms with Gasteiger partial charge < -0.3 is 14.8 Å². The molecule has 8 heteroatoms. The van der Waals surface area contributed by atoms with Gasteiger partial charge >= 0.3 is 6.09 Å². The van der Waals surface area contributed by atoms with E-state index in [1.807, 2.05) is 30.3 Å². The molecule has 0 bridgehead atoms. The van der Waals surface area contributed by atoms with E-state index < -0.39 is 16.2 Å². The lowest BCUT2D eigenvalue weighted by molar-refractivity contribution is 0.0983. The van der Waals surface area contributed by atoms with Gasteiger partial charge in [-0.15, -0.1) is 0 Å². The highest BCUT2D eigenvalue weighted by Gasteiger charge is 2.13. The Morgan fingerprint density at radius 2 is 1.54 bits per heavy atom. The van der Waals surface area contributed by atoms with Crippen LogP contribution >= 0.6 is 0 Å². The molecule has 2 aromatic rings. The van der Waals surface area contributed by atoms with Crippen LogP contribution in [0.2, 0.25) is 0 Å². The molecule has 26 heavy (non-hydrogen) atoms. The van der Waals surface area contributed by atoms with Crippen molar-refractivity contribution in [3.8, 4) is 0 Å². The zero-order valence-corrected chi connectivity index (χ0v) is 15.0. The molecular weight excluding hydrogens is 358 g/mol. The predicted molar refractivity (Wildman–Crippen MR) is 95.0 cm³/mol. The average Bonchev–Trinajstić information content (AvgIpc) is 2.67. The molecular formula is C18H21NO6S. The third kappa shape index (κ3) is 7.22. The van der Waals surface area contributed by atoms with Crippen LogP contribution in [0, 0.1) is 0 Å². The zero-order valence-electron chi connectivity index (χ0n) is 14.2. The number of benzene rings is 2. The highest BCUT2D eigenvalue weighted by molar-refractivity contribution is 7.86. The van der Waals surface area contributed by atoms with Crippen LogP contribution in [0.25, 0.3) is 0 Å². The number of hydrogen-bond acceptors (Lipinski definition) is 6.